The molecule has 3 aromatic carbocycles. The summed E-state index contributed by atoms with van der Waals surface area (Å²) in [5.41, 5.74) is 9.64. The van der Waals surface area contributed by atoms with Crippen molar-refractivity contribution in [1.29, 1.82) is 0 Å². The van der Waals surface area contributed by atoms with Crippen molar-refractivity contribution in [3.8, 4) is 0 Å². The molecule has 168 valence electrons. The number of para-hydroxylation sites is 3. The molecule has 10 heteroatoms. The number of benzene rings is 3. The van der Waals surface area contributed by atoms with Crippen LogP contribution < -0.4 is 16.2 Å². The minimum Gasteiger partial charge on any atom is -0.325 e. The van der Waals surface area contributed by atoms with E-state index in [0.29, 0.717) is 21.9 Å². The molecule has 0 radical (unpaired) electrons. The first-order chi connectivity index (χ1) is 16.7. The lowest BCUT2D eigenvalue weighted by atomic mass is 10.2. The number of hydrazine groups is 1. The number of nitrogens with zero attached hydrogens (tertiary/aromatic N) is 4. The zero-order valence-corrected chi connectivity index (χ0v) is 18.6. The maximum atomic E-state index is 12.5. The Morgan fingerprint density at radius 2 is 1.65 bits per heavy atom. The monoisotopic (exact) mass is 469 g/mol. The molecule has 5 rings (SSSR count). The van der Waals surface area contributed by atoms with E-state index >= 15 is 0 Å². The smallest absolute Gasteiger partial charge is 0.269 e. The van der Waals surface area contributed by atoms with Gasteiger partial charge in [-0.1, -0.05) is 42.1 Å². The van der Waals surface area contributed by atoms with Crippen molar-refractivity contribution in [1.82, 2.24) is 25.0 Å². The SMILES string of the molecule is O=C(CSc1nc2ccccc2n2cnnc12)Nc1ccc(C(=O)NNc2ccccc2)cc1. The largest absolute Gasteiger partial charge is 0.325 e. The van der Waals surface area contributed by atoms with Crippen LogP contribution in [0.25, 0.3) is 16.7 Å². The van der Waals surface area contributed by atoms with Gasteiger partial charge in [-0.2, -0.15) is 0 Å². The minimum absolute atomic E-state index is 0.150. The third-order valence-corrected chi connectivity index (χ3v) is 5.92. The van der Waals surface area contributed by atoms with Gasteiger partial charge >= 0.3 is 0 Å². The van der Waals surface area contributed by atoms with Crippen LogP contribution in [0.1, 0.15) is 10.4 Å². The molecule has 0 atom stereocenters. The lowest BCUT2D eigenvalue weighted by Crippen LogP contribution is -2.29. The van der Waals surface area contributed by atoms with Crippen molar-refractivity contribution in [2.75, 3.05) is 16.5 Å². The maximum absolute atomic E-state index is 12.5. The molecular weight excluding hydrogens is 450 g/mol. The highest BCUT2D eigenvalue weighted by molar-refractivity contribution is 8.00. The van der Waals surface area contributed by atoms with Gasteiger partial charge in [-0.25, -0.2) is 4.98 Å². The molecule has 2 amide bonds. The molecule has 2 heterocycles. The maximum Gasteiger partial charge on any atom is 0.269 e. The van der Waals surface area contributed by atoms with Gasteiger partial charge in [-0.3, -0.25) is 24.8 Å². The van der Waals surface area contributed by atoms with Gasteiger partial charge in [0.1, 0.15) is 11.4 Å². The number of carbonyl (C=O) groups excluding carboxylic acids is 2. The molecule has 0 aliphatic carbocycles. The number of rotatable bonds is 7. The number of carbonyl (C=O) groups is 2. The molecule has 3 N–H and O–H groups in total. The molecule has 9 nitrogen and oxygen atoms in total. The van der Waals surface area contributed by atoms with Gasteiger partial charge in [0.15, 0.2) is 5.65 Å². The summed E-state index contributed by atoms with van der Waals surface area (Å²) in [5, 5.41) is 11.6. The number of nitrogens with one attached hydrogen (secondary N) is 3. The fourth-order valence-electron chi connectivity index (χ4n) is 3.33. The number of fused-ring (bicyclic) bond motifs is 3. The Kier molecular flexibility index (Phi) is 6.04. The quantitative estimate of drug-likeness (QED) is 0.246. The number of thioether (sulfide) groups is 1. The van der Waals surface area contributed by atoms with Gasteiger partial charge in [-0.15, -0.1) is 10.2 Å². The average Bonchev–Trinajstić information content (AvgIpc) is 3.38. The summed E-state index contributed by atoms with van der Waals surface area (Å²) in [5.74, 6) is -0.325. The molecular formula is C24H19N7O2S. The summed E-state index contributed by atoms with van der Waals surface area (Å²) in [6, 6.07) is 23.7. The number of hydrogen-bond acceptors (Lipinski definition) is 7. The zero-order chi connectivity index (χ0) is 23.3. The lowest BCUT2D eigenvalue weighted by Gasteiger charge is -2.09. The third kappa shape index (κ3) is 4.66. The van der Waals surface area contributed by atoms with Crippen LogP contribution >= 0.6 is 11.8 Å². The molecule has 0 aliphatic heterocycles. The predicted octanol–water partition coefficient (Wildman–Crippen LogP) is 3.77. The highest BCUT2D eigenvalue weighted by Crippen LogP contribution is 2.24. The molecule has 5 aromatic rings. The molecule has 34 heavy (non-hydrogen) atoms. The summed E-state index contributed by atoms with van der Waals surface area (Å²) in [4.78, 5) is 29.4. The van der Waals surface area contributed by atoms with E-state index in [9.17, 15) is 9.59 Å². The normalized spacial score (nSPS) is 10.8. The molecule has 0 bridgehead atoms. The molecule has 0 unspecified atom stereocenters. The molecule has 2 aromatic heterocycles. The van der Waals surface area contributed by atoms with E-state index in [-0.39, 0.29) is 17.6 Å². The van der Waals surface area contributed by atoms with Gasteiger partial charge in [0.2, 0.25) is 5.91 Å². The summed E-state index contributed by atoms with van der Waals surface area (Å²) in [6.45, 7) is 0. The van der Waals surface area contributed by atoms with Gasteiger partial charge in [-0.05, 0) is 48.5 Å². The van der Waals surface area contributed by atoms with E-state index in [1.165, 1.54) is 11.8 Å². The van der Waals surface area contributed by atoms with E-state index in [4.69, 9.17) is 0 Å². The summed E-state index contributed by atoms with van der Waals surface area (Å²) >= 11 is 1.29. The van der Waals surface area contributed by atoms with Crippen molar-refractivity contribution >= 4 is 51.6 Å². The molecule has 0 saturated heterocycles. The topological polar surface area (TPSA) is 113 Å². The number of aromatic nitrogens is 4. The molecule has 0 aliphatic rings. The first kappa shape index (κ1) is 21.4. The van der Waals surface area contributed by atoms with Crippen LogP contribution in [-0.2, 0) is 4.79 Å². The fourth-order valence-corrected chi connectivity index (χ4v) is 4.11. The second-order valence-corrected chi connectivity index (χ2v) is 8.25. The van der Waals surface area contributed by atoms with Crippen molar-refractivity contribution in [2.45, 2.75) is 5.03 Å². The van der Waals surface area contributed by atoms with Crippen LogP contribution in [0.15, 0.2) is 90.2 Å². The Bertz CT molecular complexity index is 1470. The Balaban J connectivity index is 1.19. The van der Waals surface area contributed by atoms with Crippen molar-refractivity contribution in [2.24, 2.45) is 0 Å². The second kappa shape index (κ2) is 9.59. The third-order valence-electron chi connectivity index (χ3n) is 4.97. The van der Waals surface area contributed by atoms with E-state index in [2.05, 4.69) is 31.3 Å². The number of hydrogen-bond donors (Lipinski definition) is 3. The first-order valence-corrected chi connectivity index (χ1v) is 11.4. The highest BCUT2D eigenvalue weighted by Gasteiger charge is 2.13. The predicted molar refractivity (Wildman–Crippen MR) is 132 cm³/mol. The number of anilines is 2. The van der Waals surface area contributed by atoms with Crippen molar-refractivity contribution < 1.29 is 9.59 Å². The van der Waals surface area contributed by atoms with Crippen LogP contribution in [0.5, 0.6) is 0 Å². The van der Waals surface area contributed by atoms with E-state index in [1.54, 1.807) is 30.6 Å². The van der Waals surface area contributed by atoms with Crippen LogP contribution in [0, 0.1) is 0 Å². The van der Waals surface area contributed by atoms with Crippen LogP contribution in [-0.4, -0.2) is 37.1 Å². The van der Waals surface area contributed by atoms with Gasteiger partial charge < -0.3 is 5.32 Å². The summed E-state index contributed by atoms with van der Waals surface area (Å²) < 4.78 is 1.86. The Labute approximate surface area is 198 Å². The molecule has 0 saturated carbocycles. The lowest BCUT2D eigenvalue weighted by molar-refractivity contribution is -0.113. The highest BCUT2D eigenvalue weighted by atomic mass is 32.2. The van der Waals surface area contributed by atoms with Crippen LogP contribution in [0.2, 0.25) is 0 Å². The first-order valence-electron chi connectivity index (χ1n) is 10.4. The van der Waals surface area contributed by atoms with E-state index in [0.717, 1.165) is 16.7 Å². The summed E-state index contributed by atoms with van der Waals surface area (Å²) in [6.07, 6.45) is 1.64. The van der Waals surface area contributed by atoms with Crippen LogP contribution in [0.4, 0.5) is 11.4 Å². The molecule has 0 fully saturated rings. The molecule has 0 spiro atoms. The van der Waals surface area contributed by atoms with Gasteiger partial charge in [0.05, 0.1) is 22.5 Å². The Hall–Kier alpha value is -4.44. The summed E-state index contributed by atoms with van der Waals surface area (Å²) in [7, 11) is 0. The number of amides is 2. The average molecular weight is 470 g/mol. The standard InChI is InChI=1S/C24H19N7O2S/c32-21(14-34-24-22-29-25-15-31(22)20-9-5-4-8-19(20)27-24)26-17-12-10-16(11-13-17)23(33)30-28-18-6-2-1-3-7-18/h1-13,15,28H,14H2,(H,26,32)(H,30,33). The zero-order valence-electron chi connectivity index (χ0n) is 17.8. The minimum atomic E-state index is -0.281. The van der Waals surface area contributed by atoms with Crippen molar-refractivity contribution in [3.05, 3.63) is 90.8 Å². The Morgan fingerprint density at radius 3 is 2.47 bits per heavy atom. The van der Waals surface area contributed by atoms with Crippen LogP contribution in [0.3, 0.4) is 0 Å². The Morgan fingerprint density at radius 1 is 0.882 bits per heavy atom. The fraction of sp³-hybridized carbons (Fsp3) is 0.0417. The van der Waals surface area contributed by atoms with E-state index < -0.39 is 0 Å². The van der Waals surface area contributed by atoms with Crippen molar-refractivity contribution in [3.63, 3.8) is 0 Å². The van der Waals surface area contributed by atoms with Gasteiger partial charge in [0.25, 0.3) is 5.91 Å². The second-order valence-electron chi connectivity index (χ2n) is 7.29. The van der Waals surface area contributed by atoms with Gasteiger partial charge in [0, 0.05) is 11.3 Å². The van der Waals surface area contributed by atoms with E-state index in [1.807, 2.05) is 59.0 Å².